The van der Waals surface area contributed by atoms with Crippen molar-refractivity contribution in [3.05, 3.63) is 0 Å². The van der Waals surface area contributed by atoms with Crippen molar-refractivity contribution in [2.75, 3.05) is 138 Å². The first-order valence-electron chi connectivity index (χ1n) is 32.4. The van der Waals surface area contributed by atoms with Crippen LogP contribution in [0.2, 0.25) is 0 Å². The smallest absolute Gasteiger partial charge is 0.325 e. The average Bonchev–Trinajstić information content (AvgIpc) is 0.825. The van der Waals surface area contributed by atoms with Crippen LogP contribution in [-0.2, 0) is 97.1 Å². The number of carbonyl (C=O) groups is 8. The minimum Gasteiger partial charge on any atom is -0.394 e. The van der Waals surface area contributed by atoms with Crippen LogP contribution >= 0.6 is 6.72 Å². The van der Waals surface area contributed by atoms with E-state index in [1.54, 1.807) is 20.8 Å². The van der Waals surface area contributed by atoms with Gasteiger partial charge in [-0.05, 0) is 58.3 Å². The Morgan fingerprint density at radius 3 is 1.42 bits per heavy atom. The molecular formula is C58H106N9O29PS. The third-order valence-electron chi connectivity index (χ3n) is 14.9. The van der Waals surface area contributed by atoms with E-state index in [2.05, 4.69) is 37.2 Å². The van der Waals surface area contributed by atoms with Crippen molar-refractivity contribution < 1.29 is 141 Å². The highest BCUT2D eigenvalue weighted by Gasteiger charge is 2.47. The van der Waals surface area contributed by atoms with Gasteiger partial charge in [0.25, 0.3) is 0 Å². The molecule has 18 N–H and O–H groups in total. The zero-order chi connectivity index (χ0) is 73.1. The van der Waals surface area contributed by atoms with Crippen LogP contribution < -0.4 is 37.2 Å². The summed E-state index contributed by atoms with van der Waals surface area (Å²) in [4.78, 5) is 116. The fourth-order valence-corrected chi connectivity index (χ4v) is 12.2. The number of rotatable bonds is 47. The lowest BCUT2D eigenvalue weighted by molar-refractivity contribution is -0.272. The first-order valence-corrected chi connectivity index (χ1v) is 35.0. The summed E-state index contributed by atoms with van der Waals surface area (Å²) in [5, 5.41) is 120. The maximum Gasteiger partial charge on any atom is 0.325 e. The van der Waals surface area contributed by atoms with Crippen molar-refractivity contribution >= 4 is 65.8 Å². The number of carbonyl (C=O) groups excluding carboxylic acids is 8. The van der Waals surface area contributed by atoms with Gasteiger partial charge in [-0.1, -0.05) is 0 Å². The Morgan fingerprint density at radius 1 is 0.520 bits per heavy atom. The van der Waals surface area contributed by atoms with E-state index in [-0.39, 0.29) is 137 Å². The molecular weight excluding hydrogens is 1350 g/mol. The first kappa shape index (κ1) is 87.7. The van der Waals surface area contributed by atoms with Crippen LogP contribution in [0.5, 0.6) is 0 Å². The third kappa shape index (κ3) is 34.0. The van der Waals surface area contributed by atoms with E-state index in [1.807, 2.05) is 0 Å². The van der Waals surface area contributed by atoms with Gasteiger partial charge in [0, 0.05) is 79.5 Å². The van der Waals surface area contributed by atoms with Gasteiger partial charge in [0.2, 0.25) is 47.3 Å². The second kappa shape index (κ2) is 46.2. The van der Waals surface area contributed by atoms with Gasteiger partial charge in [-0.25, -0.2) is 0 Å². The summed E-state index contributed by atoms with van der Waals surface area (Å²) in [5.41, 5.74) is -0.833. The van der Waals surface area contributed by atoms with Gasteiger partial charge in [0.05, 0.1) is 116 Å². The Balaban J connectivity index is 1.66. The van der Waals surface area contributed by atoms with Crippen molar-refractivity contribution in [3.63, 3.8) is 0 Å². The molecule has 3 heterocycles. The molecule has 8 amide bonds. The number of aliphatic hydroxyl groups is 10. The molecule has 16 unspecified atom stereocenters. The Hall–Kier alpha value is -4.47. The zero-order valence-corrected chi connectivity index (χ0v) is 58.1. The van der Waals surface area contributed by atoms with Gasteiger partial charge in [0.15, 0.2) is 12.6 Å². The largest absolute Gasteiger partial charge is 0.394 e. The molecule has 3 saturated heterocycles. The van der Waals surface area contributed by atoms with E-state index in [0.29, 0.717) is 6.42 Å². The SMILES string of the molecule is CC(=O)NC1C(CCCOCCNC(=O)CN(CCCN(CC(=O)NCCOCCOC2OC(CO)C(O)C(O)C2NC(C)=O)C(=O)CCCC(=O)NC[C@H](O)COP(O)(=S)OC(C)(C)C)CC(=O)NCCOCCOC2OC(CO)C(O)C(O)C2NC(C)=O)OC(CO)C(O)C1O. The Kier molecular flexibility index (Phi) is 41.4. The van der Waals surface area contributed by atoms with Gasteiger partial charge in [-0.3, -0.25) is 43.3 Å². The zero-order valence-electron chi connectivity index (χ0n) is 56.3. The topological polar surface area (TPSA) is 542 Å². The lowest BCUT2D eigenvalue weighted by Crippen LogP contribution is -2.64. The van der Waals surface area contributed by atoms with Crippen molar-refractivity contribution in [2.45, 2.75) is 184 Å². The van der Waals surface area contributed by atoms with E-state index in [0.717, 1.165) is 0 Å². The number of hydrogen-bond acceptors (Lipinski definition) is 30. The minimum atomic E-state index is -3.71. The second-order valence-electron chi connectivity index (χ2n) is 24.4. The standard InChI is InChI=1S/C58H106N9O29PS/c1-34(71)63-47-38(93-39(30-68)50(80)53(47)83)10-8-18-87-19-13-59-43(76)27-66(28-44(77)60-14-20-88-22-24-90-56-48(64-35(2)72)54(84)51(81)40(31-69)94-56)16-9-17-67(46(79)12-7-11-42(75)62-26-37(74)33-92-97(86,98)96-58(4,5)6)29-45(78)61-15-21-89-23-25-91-57-49(65-36(3)73)55(85)52(82)41(32-70)95-57/h37-41,47-57,68-70,74,80-85H,7-33H2,1-6H3,(H,59,76)(H,60,77)(H,61,78)(H,62,75)(H,63,71)(H,64,72)(H,65,73)(H,86,98)/t37-,38?,39?,40?,41?,47?,48?,49?,50?,51?,52?,53?,54?,55?,56?,57?,97?/m0/s1. The van der Waals surface area contributed by atoms with Crippen LogP contribution in [0.15, 0.2) is 0 Å². The van der Waals surface area contributed by atoms with E-state index in [1.165, 1.54) is 30.6 Å². The van der Waals surface area contributed by atoms with Crippen molar-refractivity contribution in [1.29, 1.82) is 0 Å². The van der Waals surface area contributed by atoms with Gasteiger partial charge in [-0.15, -0.1) is 0 Å². The molecule has 40 heteroatoms. The molecule has 0 aromatic carbocycles. The van der Waals surface area contributed by atoms with Crippen molar-refractivity contribution in [2.24, 2.45) is 0 Å². The summed E-state index contributed by atoms with van der Waals surface area (Å²) < 4.78 is 55.5. The predicted octanol–water partition coefficient (Wildman–Crippen LogP) is -8.71. The predicted molar refractivity (Wildman–Crippen MR) is 343 cm³/mol. The number of hydrogen-bond donors (Lipinski definition) is 18. The maximum absolute atomic E-state index is 13.9. The Bertz CT molecular complexity index is 2390. The Morgan fingerprint density at radius 2 is 0.959 bits per heavy atom. The van der Waals surface area contributed by atoms with E-state index in [4.69, 9.17) is 58.7 Å². The molecule has 0 aromatic heterocycles. The number of ether oxygens (including phenoxy) is 8. The van der Waals surface area contributed by atoms with Gasteiger partial charge >= 0.3 is 6.72 Å². The van der Waals surface area contributed by atoms with Gasteiger partial charge in [0.1, 0.15) is 67.0 Å². The molecule has 0 bridgehead atoms. The molecule has 3 aliphatic heterocycles. The van der Waals surface area contributed by atoms with Crippen LogP contribution in [0, 0.1) is 0 Å². The normalized spacial score (nSPS) is 26.7. The van der Waals surface area contributed by atoms with E-state index in [9.17, 15) is 94.3 Å². The van der Waals surface area contributed by atoms with Crippen molar-refractivity contribution in [1.82, 2.24) is 47.0 Å². The summed E-state index contributed by atoms with van der Waals surface area (Å²) in [6.07, 6.45) is -16.7. The molecule has 3 aliphatic rings. The summed E-state index contributed by atoms with van der Waals surface area (Å²) >= 11 is 4.98. The first-order chi connectivity index (χ1) is 46.3. The second-order valence-corrected chi connectivity index (χ2v) is 27.2. The third-order valence-corrected chi connectivity index (χ3v) is 16.7. The molecule has 0 aromatic rings. The summed E-state index contributed by atoms with van der Waals surface area (Å²) in [6, 6.07) is -3.31. The van der Waals surface area contributed by atoms with Crippen molar-refractivity contribution in [3.8, 4) is 0 Å². The maximum atomic E-state index is 13.9. The monoisotopic (exact) mass is 1460 g/mol. The van der Waals surface area contributed by atoms with Crippen LogP contribution in [0.3, 0.4) is 0 Å². The summed E-state index contributed by atoms with van der Waals surface area (Å²) in [7, 11) is 0. The number of amides is 8. The molecule has 98 heavy (non-hydrogen) atoms. The van der Waals surface area contributed by atoms with Gasteiger partial charge < -0.3 is 145 Å². The fraction of sp³-hybridized carbons (Fsp3) is 0.862. The highest BCUT2D eigenvalue weighted by atomic mass is 32.5. The number of nitrogens with zero attached hydrogens (tertiary/aromatic N) is 2. The molecule has 0 aliphatic carbocycles. The molecule has 3 rings (SSSR count). The molecule has 0 saturated carbocycles. The number of nitrogens with one attached hydrogen (secondary N) is 7. The quantitative estimate of drug-likeness (QED) is 0.0199. The van der Waals surface area contributed by atoms with Crippen LogP contribution in [0.1, 0.15) is 80.1 Å². The molecule has 568 valence electrons. The summed E-state index contributed by atoms with van der Waals surface area (Å²) in [6.45, 7) is 0.593. The van der Waals surface area contributed by atoms with Gasteiger partial charge in [-0.2, -0.15) is 0 Å². The molecule has 0 radical (unpaired) electrons. The minimum absolute atomic E-state index is 0.00292. The molecule has 17 atom stereocenters. The molecule has 0 spiro atoms. The average molecular weight is 1460 g/mol. The Labute approximate surface area is 573 Å². The van der Waals surface area contributed by atoms with Crippen LogP contribution in [0.25, 0.3) is 0 Å². The molecule has 38 nitrogen and oxygen atoms in total. The lowest BCUT2D eigenvalue weighted by Gasteiger charge is -2.42. The van der Waals surface area contributed by atoms with Crippen LogP contribution in [-0.4, -0.2) is 355 Å². The fourth-order valence-electron chi connectivity index (χ4n) is 10.2. The molecule has 3 fully saturated rings. The summed E-state index contributed by atoms with van der Waals surface area (Å²) in [5.74, 6) is -4.34. The highest BCUT2D eigenvalue weighted by Crippen LogP contribution is 2.47. The number of aliphatic hydroxyl groups excluding tert-OH is 10. The van der Waals surface area contributed by atoms with E-state index < -0.39 is 190 Å². The lowest BCUT2D eigenvalue weighted by atomic mass is 9.90. The van der Waals surface area contributed by atoms with Crippen LogP contribution in [0.4, 0.5) is 0 Å². The highest BCUT2D eigenvalue weighted by molar-refractivity contribution is 8.07. The van der Waals surface area contributed by atoms with E-state index >= 15 is 0 Å².